The van der Waals surface area contributed by atoms with Crippen LogP contribution in [0.15, 0.2) is 18.7 Å². The summed E-state index contributed by atoms with van der Waals surface area (Å²) in [6.07, 6.45) is 9.86. The molecule has 7 heteroatoms. The molecule has 3 heterocycles. The number of aromatic amines is 1. The van der Waals surface area contributed by atoms with Crippen LogP contribution in [0, 0.1) is 37.1 Å². The van der Waals surface area contributed by atoms with Gasteiger partial charge in [-0.1, -0.05) is 6.92 Å². The standard InChI is InChI=1S/C22H23FN6/c1-11-13-4-6-14(7-5-13)18(11)28-22-17(23)12(2)19(24-3)20(29-22)15-9-26-21-16(15)8-25-10-27-21/h8-11,13-14,18H,4-7H2,1-2H3,(H,28,29)(H,25,26,27)/t11-,13?,14?,18+/m0/s1. The molecule has 0 unspecified atom stereocenters. The fourth-order valence-electron chi connectivity index (χ4n) is 5.31. The summed E-state index contributed by atoms with van der Waals surface area (Å²) in [7, 11) is 0. The van der Waals surface area contributed by atoms with Crippen molar-refractivity contribution in [2.75, 3.05) is 5.32 Å². The van der Waals surface area contributed by atoms with Crippen LogP contribution in [-0.4, -0.2) is 26.0 Å². The van der Waals surface area contributed by atoms with Crippen molar-refractivity contribution < 1.29 is 4.39 Å². The summed E-state index contributed by atoms with van der Waals surface area (Å²) in [5, 5.41) is 4.21. The lowest BCUT2D eigenvalue weighted by Gasteiger charge is -2.47. The lowest BCUT2D eigenvalue weighted by Crippen LogP contribution is -2.47. The molecule has 3 aliphatic rings. The van der Waals surface area contributed by atoms with Crippen LogP contribution in [0.1, 0.15) is 38.2 Å². The molecular formula is C22H23FN6. The molecule has 3 saturated carbocycles. The monoisotopic (exact) mass is 390 g/mol. The van der Waals surface area contributed by atoms with Gasteiger partial charge in [0.15, 0.2) is 11.6 Å². The molecule has 0 spiro atoms. The number of halogens is 1. The smallest absolute Gasteiger partial charge is 0.218 e. The van der Waals surface area contributed by atoms with Crippen molar-refractivity contribution in [3.8, 4) is 11.3 Å². The SMILES string of the molecule is [C-]#[N+]c1c(-c2c[nH]c3ncncc23)nc(N[C@H]2C3CCC(CC3)[C@@H]2C)c(F)c1C. The maximum Gasteiger partial charge on any atom is 0.218 e. The number of hydrogen-bond donors (Lipinski definition) is 2. The molecule has 0 aliphatic heterocycles. The molecule has 29 heavy (non-hydrogen) atoms. The zero-order chi connectivity index (χ0) is 20.1. The molecule has 0 radical (unpaired) electrons. The number of fused-ring (bicyclic) bond motifs is 4. The Labute approximate surface area is 168 Å². The molecule has 0 amide bonds. The molecular weight excluding hydrogens is 367 g/mol. The lowest BCUT2D eigenvalue weighted by molar-refractivity contribution is 0.0926. The summed E-state index contributed by atoms with van der Waals surface area (Å²) in [5.74, 6) is 1.58. The number of nitrogens with zero attached hydrogens (tertiary/aromatic N) is 4. The fraction of sp³-hybridized carbons (Fsp3) is 0.455. The number of anilines is 1. The van der Waals surface area contributed by atoms with Gasteiger partial charge >= 0.3 is 0 Å². The van der Waals surface area contributed by atoms with E-state index >= 15 is 4.39 Å². The topological polar surface area (TPSA) is 70.8 Å². The Hall–Kier alpha value is -3.01. The van der Waals surface area contributed by atoms with E-state index in [9.17, 15) is 0 Å². The van der Waals surface area contributed by atoms with Gasteiger partial charge in [0.1, 0.15) is 12.0 Å². The molecule has 6 rings (SSSR count). The van der Waals surface area contributed by atoms with E-state index in [0.29, 0.717) is 34.7 Å². The Balaban J connectivity index is 1.61. The molecule has 6 nitrogen and oxygen atoms in total. The largest absolute Gasteiger partial charge is 0.364 e. The minimum absolute atomic E-state index is 0.224. The number of hydrogen-bond acceptors (Lipinski definition) is 4. The molecule has 2 N–H and O–H groups in total. The Morgan fingerprint density at radius 1 is 1.24 bits per heavy atom. The highest BCUT2D eigenvalue weighted by Gasteiger charge is 2.41. The zero-order valence-electron chi connectivity index (χ0n) is 16.5. The van der Waals surface area contributed by atoms with Crippen LogP contribution in [0.5, 0.6) is 0 Å². The van der Waals surface area contributed by atoms with Crippen molar-refractivity contribution in [1.82, 2.24) is 19.9 Å². The van der Waals surface area contributed by atoms with Gasteiger partial charge in [0.25, 0.3) is 0 Å². The van der Waals surface area contributed by atoms with Gasteiger partial charge < -0.3 is 10.3 Å². The number of pyridine rings is 1. The molecule has 3 aliphatic carbocycles. The normalized spacial score (nSPS) is 25.9. The quantitative estimate of drug-likeness (QED) is 0.599. The Bertz CT molecular complexity index is 1120. The summed E-state index contributed by atoms with van der Waals surface area (Å²) < 4.78 is 15.2. The van der Waals surface area contributed by atoms with Crippen LogP contribution >= 0.6 is 0 Å². The van der Waals surface area contributed by atoms with E-state index in [2.05, 4.69) is 37.0 Å². The molecule has 2 atom stereocenters. The van der Waals surface area contributed by atoms with Crippen LogP contribution < -0.4 is 5.32 Å². The minimum Gasteiger partial charge on any atom is -0.364 e. The van der Waals surface area contributed by atoms with Crippen molar-refractivity contribution >= 4 is 22.5 Å². The van der Waals surface area contributed by atoms with Crippen LogP contribution in [0.4, 0.5) is 15.9 Å². The fourth-order valence-corrected chi connectivity index (χ4v) is 5.31. The predicted molar refractivity (Wildman–Crippen MR) is 110 cm³/mol. The molecule has 2 bridgehead atoms. The first-order valence-corrected chi connectivity index (χ1v) is 10.2. The van der Waals surface area contributed by atoms with Gasteiger partial charge in [-0.05, 0) is 55.9 Å². The van der Waals surface area contributed by atoms with Crippen molar-refractivity contribution in [3.05, 3.63) is 41.5 Å². The molecule has 3 fully saturated rings. The van der Waals surface area contributed by atoms with E-state index in [1.165, 1.54) is 32.0 Å². The second kappa shape index (κ2) is 6.80. The summed E-state index contributed by atoms with van der Waals surface area (Å²) in [4.78, 5) is 19.6. The van der Waals surface area contributed by atoms with E-state index in [1.807, 2.05) is 0 Å². The number of nitrogens with one attached hydrogen (secondary N) is 2. The van der Waals surface area contributed by atoms with Crippen molar-refractivity contribution in [2.24, 2.45) is 17.8 Å². The highest BCUT2D eigenvalue weighted by Crippen LogP contribution is 2.46. The molecule has 0 saturated heterocycles. The van der Waals surface area contributed by atoms with Gasteiger partial charge in [-0.15, -0.1) is 0 Å². The van der Waals surface area contributed by atoms with Gasteiger partial charge in [0, 0.05) is 29.4 Å². The number of rotatable bonds is 3. The molecule has 3 aromatic rings. The van der Waals surface area contributed by atoms with E-state index in [0.717, 1.165) is 10.9 Å². The Morgan fingerprint density at radius 2 is 2.00 bits per heavy atom. The third-order valence-electron chi connectivity index (χ3n) is 7.00. The second-order valence-corrected chi connectivity index (χ2v) is 8.40. The van der Waals surface area contributed by atoms with Crippen molar-refractivity contribution in [1.29, 1.82) is 0 Å². The highest BCUT2D eigenvalue weighted by molar-refractivity contribution is 5.96. The van der Waals surface area contributed by atoms with E-state index in [1.54, 1.807) is 19.3 Å². The summed E-state index contributed by atoms with van der Waals surface area (Å²) in [6, 6.07) is 0.224. The third-order valence-corrected chi connectivity index (χ3v) is 7.00. The Morgan fingerprint density at radius 3 is 2.72 bits per heavy atom. The van der Waals surface area contributed by atoms with E-state index < -0.39 is 5.82 Å². The number of H-pyrrole nitrogens is 1. The third kappa shape index (κ3) is 2.78. The average Bonchev–Trinajstić information content (AvgIpc) is 3.18. The second-order valence-electron chi connectivity index (χ2n) is 8.40. The zero-order valence-corrected chi connectivity index (χ0v) is 16.5. The summed E-state index contributed by atoms with van der Waals surface area (Å²) in [6.45, 7) is 11.5. The van der Waals surface area contributed by atoms with Gasteiger partial charge in [-0.25, -0.2) is 24.2 Å². The maximum atomic E-state index is 15.2. The number of aromatic nitrogens is 4. The molecule has 0 aromatic carbocycles. The van der Waals surface area contributed by atoms with E-state index in [-0.39, 0.29) is 17.5 Å². The predicted octanol–water partition coefficient (Wildman–Crippen LogP) is 5.25. The lowest BCUT2D eigenvalue weighted by atomic mass is 9.62. The van der Waals surface area contributed by atoms with Gasteiger partial charge in [-0.3, -0.25) is 0 Å². The van der Waals surface area contributed by atoms with Gasteiger partial charge in [0.05, 0.1) is 12.3 Å². The van der Waals surface area contributed by atoms with Crippen LogP contribution in [0.25, 0.3) is 27.1 Å². The minimum atomic E-state index is -0.426. The van der Waals surface area contributed by atoms with Crippen LogP contribution in [0.3, 0.4) is 0 Å². The first-order valence-electron chi connectivity index (χ1n) is 10.2. The molecule has 148 valence electrons. The highest BCUT2D eigenvalue weighted by atomic mass is 19.1. The van der Waals surface area contributed by atoms with Gasteiger partial charge in [0.2, 0.25) is 5.69 Å². The first kappa shape index (κ1) is 18.0. The van der Waals surface area contributed by atoms with Crippen LogP contribution in [0.2, 0.25) is 0 Å². The maximum absolute atomic E-state index is 15.2. The van der Waals surface area contributed by atoms with Crippen molar-refractivity contribution in [2.45, 2.75) is 45.6 Å². The van der Waals surface area contributed by atoms with Gasteiger partial charge in [-0.2, -0.15) is 0 Å². The average molecular weight is 390 g/mol. The first-order chi connectivity index (χ1) is 14.1. The summed E-state index contributed by atoms with van der Waals surface area (Å²) in [5.41, 5.74) is 2.41. The van der Waals surface area contributed by atoms with Crippen molar-refractivity contribution in [3.63, 3.8) is 0 Å². The summed E-state index contributed by atoms with van der Waals surface area (Å²) >= 11 is 0. The van der Waals surface area contributed by atoms with E-state index in [4.69, 9.17) is 6.57 Å². The van der Waals surface area contributed by atoms with Crippen LogP contribution in [-0.2, 0) is 0 Å². The Kier molecular flexibility index (Phi) is 4.23. The molecule has 3 aromatic heterocycles.